The van der Waals surface area contributed by atoms with Crippen molar-refractivity contribution in [3.63, 3.8) is 0 Å². The van der Waals surface area contributed by atoms with Gasteiger partial charge in [0.25, 0.3) is 0 Å². The van der Waals surface area contributed by atoms with E-state index in [1.807, 2.05) is 0 Å². The fourth-order valence-corrected chi connectivity index (χ4v) is 5.15. The van der Waals surface area contributed by atoms with Crippen molar-refractivity contribution >= 4 is 35.6 Å². The molecule has 4 atom stereocenters. The molecule has 0 saturated carbocycles. The molecular weight excluding hydrogens is 388 g/mol. The maximum atomic E-state index is 12.2. The molecule has 28 heavy (non-hydrogen) atoms. The number of nitrogens with two attached hydrogens (primary N) is 1. The summed E-state index contributed by atoms with van der Waals surface area (Å²) < 4.78 is 5.02. The Kier molecular flexibility index (Phi) is 5.84. The second kappa shape index (κ2) is 8.00. The number of nitrogens with one attached hydrogen (secondary N) is 1. The summed E-state index contributed by atoms with van der Waals surface area (Å²) in [6.07, 6.45) is -0.210. The zero-order chi connectivity index (χ0) is 20.6. The minimum atomic E-state index is -1.18. The van der Waals surface area contributed by atoms with Crippen LogP contribution in [0.1, 0.15) is 26.2 Å². The van der Waals surface area contributed by atoms with Crippen LogP contribution in [0.25, 0.3) is 0 Å². The predicted octanol–water partition coefficient (Wildman–Crippen LogP) is 0.164. The molecule has 0 aromatic heterocycles. The smallest absolute Gasteiger partial charge is 0.404 e. The zero-order valence-electron chi connectivity index (χ0n) is 15.5. The average molecular weight is 412 g/mol. The van der Waals surface area contributed by atoms with Gasteiger partial charge in [-0.3, -0.25) is 10.2 Å². The summed E-state index contributed by atoms with van der Waals surface area (Å²) in [5.41, 5.74) is 5.01. The van der Waals surface area contributed by atoms with Gasteiger partial charge in [-0.2, -0.15) is 0 Å². The minimum Gasteiger partial charge on any atom is -0.477 e. The number of nitrogens with zero attached hydrogens (tertiary/aromatic N) is 2. The van der Waals surface area contributed by atoms with E-state index in [-0.39, 0.29) is 29.5 Å². The lowest BCUT2D eigenvalue weighted by atomic mass is 9.83. The number of aliphatic hydroxyl groups excluding tert-OH is 1. The van der Waals surface area contributed by atoms with Crippen molar-refractivity contribution in [2.75, 3.05) is 18.8 Å². The van der Waals surface area contributed by atoms with Crippen molar-refractivity contribution in [1.82, 2.24) is 9.80 Å². The first kappa shape index (κ1) is 20.5. The summed E-state index contributed by atoms with van der Waals surface area (Å²) in [6.45, 7) is 2.56. The van der Waals surface area contributed by atoms with Gasteiger partial charge >= 0.3 is 12.1 Å². The molecule has 3 aliphatic heterocycles. The van der Waals surface area contributed by atoms with Crippen LogP contribution >= 0.6 is 11.8 Å². The number of fused-ring (bicyclic) bond motifs is 1. The van der Waals surface area contributed by atoms with E-state index in [9.17, 15) is 24.6 Å². The minimum absolute atomic E-state index is 0.0433. The maximum absolute atomic E-state index is 12.2. The van der Waals surface area contributed by atoms with Crippen molar-refractivity contribution in [3.05, 3.63) is 10.6 Å². The van der Waals surface area contributed by atoms with Crippen molar-refractivity contribution < 1.29 is 29.3 Å². The van der Waals surface area contributed by atoms with Crippen LogP contribution in [0.4, 0.5) is 4.79 Å². The molecule has 3 heterocycles. The van der Waals surface area contributed by atoms with Crippen molar-refractivity contribution in [1.29, 1.82) is 5.41 Å². The molecule has 2 amide bonds. The Hall–Kier alpha value is -2.27. The zero-order valence-corrected chi connectivity index (χ0v) is 16.3. The second-order valence-electron chi connectivity index (χ2n) is 7.21. The van der Waals surface area contributed by atoms with Gasteiger partial charge in [0.1, 0.15) is 17.6 Å². The number of aliphatic carboxylic acids is 1. The molecule has 3 rings (SSSR count). The van der Waals surface area contributed by atoms with Crippen LogP contribution in [0.3, 0.4) is 0 Å². The lowest BCUT2D eigenvalue weighted by molar-refractivity contribution is -0.161. The third-order valence-corrected chi connectivity index (χ3v) is 6.44. The Balaban J connectivity index is 1.62. The number of ether oxygens (including phenoxy) is 1. The number of carboxylic acids is 1. The van der Waals surface area contributed by atoms with Gasteiger partial charge in [0.05, 0.1) is 30.4 Å². The molecule has 3 aliphatic rings. The monoisotopic (exact) mass is 412 g/mol. The molecule has 11 heteroatoms. The molecule has 2 saturated heterocycles. The first-order chi connectivity index (χ1) is 13.2. The normalized spacial score (nSPS) is 27.9. The highest BCUT2D eigenvalue weighted by Crippen LogP contribution is 2.47. The summed E-state index contributed by atoms with van der Waals surface area (Å²) in [5.74, 6) is -1.59. The molecule has 10 nitrogen and oxygen atoms in total. The van der Waals surface area contributed by atoms with Crippen molar-refractivity contribution in [2.24, 2.45) is 11.7 Å². The van der Waals surface area contributed by atoms with E-state index in [2.05, 4.69) is 0 Å². The van der Waals surface area contributed by atoms with Crippen LogP contribution in [0.15, 0.2) is 10.6 Å². The number of amidine groups is 1. The van der Waals surface area contributed by atoms with Gasteiger partial charge in [0.15, 0.2) is 0 Å². The Morgan fingerprint density at radius 1 is 1.46 bits per heavy atom. The van der Waals surface area contributed by atoms with E-state index >= 15 is 0 Å². The summed E-state index contributed by atoms with van der Waals surface area (Å²) in [4.78, 5) is 38.4. The Morgan fingerprint density at radius 2 is 2.18 bits per heavy atom. The second-order valence-corrected chi connectivity index (χ2v) is 8.28. The van der Waals surface area contributed by atoms with E-state index in [0.29, 0.717) is 36.7 Å². The number of carboxylic acid groups (broad SMARTS) is 1. The molecule has 0 aromatic carbocycles. The molecule has 1 unspecified atom stereocenters. The first-order valence-corrected chi connectivity index (χ1v) is 10.1. The molecule has 0 aliphatic carbocycles. The number of amides is 2. The first-order valence-electron chi connectivity index (χ1n) is 9.09. The molecule has 0 aromatic rings. The van der Waals surface area contributed by atoms with Crippen molar-refractivity contribution in [3.8, 4) is 0 Å². The van der Waals surface area contributed by atoms with Gasteiger partial charge in [-0.1, -0.05) is 0 Å². The van der Waals surface area contributed by atoms with Crippen LogP contribution in [-0.4, -0.2) is 80.9 Å². The number of piperidine rings is 1. The maximum Gasteiger partial charge on any atom is 0.404 e. The van der Waals surface area contributed by atoms with E-state index in [4.69, 9.17) is 15.9 Å². The van der Waals surface area contributed by atoms with Gasteiger partial charge in [-0.25, -0.2) is 9.59 Å². The van der Waals surface area contributed by atoms with Gasteiger partial charge in [-0.05, 0) is 19.8 Å². The fraction of sp³-hybridized carbons (Fsp3) is 0.647. The van der Waals surface area contributed by atoms with E-state index in [1.165, 1.54) is 23.6 Å². The summed E-state index contributed by atoms with van der Waals surface area (Å²) in [6, 6.07) is -0.335. The predicted molar refractivity (Wildman–Crippen MR) is 101 cm³/mol. The number of rotatable bonds is 6. The molecule has 5 N–H and O–H groups in total. The number of thioether (sulfide) groups is 1. The number of hydrogen-bond acceptors (Lipinski definition) is 7. The van der Waals surface area contributed by atoms with Gasteiger partial charge < -0.3 is 30.5 Å². The molecule has 0 spiro atoms. The van der Waals surface area contributed by atoms with Crippen LogP contribution in [-0.2, 0) is 14.3 Å². The number of primary amides is 1. The average Bonchev–Trinajstić information content (AvgIpc) is 2.93. The third kappa shape index (κ3) is 3.81. The number of likely N-dealkylation sites (tertiary alicyclic amines) is 1. The molecule has 2 fully saturated rings. The largest absolute Gasteiger partial charge is 0.477 e. The highest BCUT2D eigenvalue weighted by molar-refractivity contribution is 8.03. The lowest BCUT2D eigenvalue weighted by Gasteiger charge is -2.44. The fourth-order valence-electron chi connectivity index (χ4n) is 4.05. The van der Waals surface area contributed by atoms with Gasteiger partial charge in [0, 0.05) is 17.9 Å². The standard InChI is InChI=1S/C17H24N4O6S/c1-8(22)13-10-5-11(14(16(24)25)21(10)15(13)23)28-7-12(18)20-4-2-3-9(6-20)27-17(19)26/h8-10,13,18,22H,2-7H2,1H3,(H2,19,26)(H,24,25)/t8-,9?,10-,13-/m1/s1. The Labute approximate surface area is 166 Å². The van der Waals surface area contributed by atoms with Gasteiger partial charge in [0.2, 0.25) is 5.91 Å². The van der Waals surface area contributed by atoms with Crippen LogP contribution in [0.5, 0.6) is 0 Å². The number of hydrogen-bond donors (Lipinski definition) is 4. The highest BCUT2D eigenvalue weighted by Gasteiger charge is 2.56. The van der Waals surface area contributed by atoms with Crippen LogP contribution in [0, 0.1) is 11.3 Å². The van der Waals surface area contributed by atoms with Crippen molar-refractivity contribution in [2.45, 2.75) is 44.4 Å². The molecule has 154 valence electrons. The topological polar surface area (TPSA) is 157 Å². The van der Waals surface area contributed by atoms with E-state index in [1.54, 1.807) is 4.90 Å². The summed E-state index contributed by atoms with van der Waals surface area (Å²) >= 11 is 1.23. The Bertz CT molecular complexity index is 739. The molecule has 0 radical (unpaired) electrons. The Morgan fingerprint density at radius 3 is 2.79 bits per heavy atom. The third-order valence-electron chi connectivity index (χ3n) is 5.32. The van der Waals surface area contributed by atoms with Gasteiger partial charge in [-0.15, -0.1) is 11.8 Å². The van der Waals surface area contributed by atoms with Crippen LogP contribution < -0.4 is 5.73 Å². The quantitative estimate of drug-likeness (QED) is 0.273. The summed E-state index contributed by atoms with van der Waals surface area (Å²) in [5, 5.41) is 27.6. The lowest BCUT2D eigenvalue weighted by Crippen LogP contribution is -2.61. The van der Waals surface area contributed by atoms with Crippen LogP contribution in [0.2, 0.25) is 0 Å². The number of β-lactam (4-membered cyclic amide) rings is 1. The number of carbonyl (C=O) groups is 3. The van der Waals surface area contributed by atoms with E-state index < -0.39 is 24.1 Å². The highest BCUT2D eigenvalue weighted by atomic mass is 32.2. The number of aliphatic hydroxyl groups is 1. The summed E-state index contributed by atoms with van der Waals surface area (Å²) in [7, 11) is 0. The number of carbonyl (C=O) groups excluding carboxylic acids is 2. The van der Waals surface area contributed by atoms with E-state index in [0.717, 1.165) is 6.42 Å². The molecular formula is C17H24N4O6S. The molecule has 0 bridgehead atoms. The SMILES string of the molecule is C[C@@H](O)[C@H]1C(=O)N2C(C(=O)O)=C(SCC(=N)N3CCCC(OC(N)=O)C3)C[C@H]12.